The SMILES string of the molecule is CCCCCCCCCCCCCCCCCNC(=O)OCC(COC(=O)NCCCCCN1C=CSC1)Oc1cc(C)on1. The van der Waals surface area contributed by atoms with Crippen molar-refractivity contribution in [2.24, 2.45) is 0 Å². The molecule has 0 saturated carbocycles. The van der Waals surface area contributed by atoms with Gasteiger partial charge >= 0.3 is 12.2 Å². The van der Waals surface area contributed by atoms with Crippen LogP contribution in [0.25, 0.3) is 0 Å². The number of ether oxygens (including phenoxy) is 3. The van der Waals surface area contributed by atoms with Crippen LogP contribution >= 0.6 is 11.8 Å². The molecule has 1 aliphatic rings. The molecule has 0 fully saturated rings. The highest BCUT2D eigenvalue weighted by molar-refractivity contribution is 8.02. The summed E-state index contributed by atoms with van der Waals surface area (Å²) in [6.45, 7) is 5.97. The summed E-state index contributed by atoms with van der Waals surface area (Å²) in [4.78, 5) is 26.7. The Hall–Kier alpha value is -2.56. The van der Waals surface area contributed by atoms with Crippen molar-refractivity contribution in [2.45, 2.75) is 136 Å². The van der Waals surface area contributed by atoms with Gasteiger partial charge in [0, 0.05) is 31.9 Å². The van der Waals surface area contributed by atoms with Crippen LogP contribution in [0, 0.1) is 6.92 Å². The van der Waals surface area contributed by atoms with Gasteiger partial charge in [0.05, 0.1) is 5.88 Å². The molecule has 2 rings (SSSR count). The molecule has 0 aliphatic carbocycles. The topological polar surface area (TPSA) is 115 Å². The molecular weight excluding hydrogens is 592 g/mol. The fourth-order valence-corrected chi connectivity index (χ4v) is 5.82. The Bertz CT molecular complexity index is 915. The predicted molar refractivity (Wildman–Crippen MR) is 181 cm³/mol. The first kappa shape index (κ1) is 38.6. The molecule has 2 N–H and O–H groups in total. The average Bonchev–Trinajstić information content (AvgIpc) is 3.71. The van der Waals surface area contributed by atoms with Crippen LogP contribution < -0.4 is 15.4 Å². The van der Waals surface area contributed by atoms with Crippen molar-refractivity contribution < 1.29 is 28.3 Å². The lowest BCUT2D eigenvalue weighted by atomic mass is 10.0. The Balaban J connectivity index is 1.47. The van der Waals surface area contributed by atoms with Crippen molar-refractivity contribution in [3.63, 3.8) is 0 Å². The minimum Gasteiger partial charge on any atom is -0.465 e. The van der Waals surface area contributed by atoms with Gasteiger partial charge in [-0.15, -0.1) is 11.8 Å². The van der Waals surface area contributed by atoms with Crippen LogP contribution in [0.2, 0.25) is 0 Å². The van der Waals surface area contributed by atoms with E-state index in [4.69, 9.17) is 18.7 Å². The summed E-state index contributed by atoms with van der Waals surface area (Å²) in [5.74, 6) is 1.85. The molecule has 258 valence electrons. The third-order valence-electron chi connectivity index (χ3n) is 7.74. The van der Waals surface area contributed by atoms with Crippen molar-refractivity contribution in [3.05, 3.63) is 23.4 Å². The molecule has 1 atom stereocenters. The number of nitrogens with zero attached hydrogens (tertiary/aromatic N) is 2. The number of unbranched alkanes of at least 4 members (excludes halogenated alkanes) is 16. The van der Waals surface area contributed by atoms with Crippen LogP contribution in [0.1, 0.15) is 128 Å². The van der Waals surface area contributed by atoms with Gasteiger partial charge < -0.3 is 34.3 Å². The maximum absolute atomic E-state index is 12.3. The number of aryl methyl sites for hydroxylation is 1. The number of nitrogens with one attached hydrogen (secondary N) is 2. The van der Waals surface area contributed by atoms with Gasteiger partial charge in [0.2, 0.25) is 0 Å². The molecular formula is C34H60N4O6S. The summed E-state index contributed by atoms with van der Waals surface area (Å²) in [6.07, 6.45) is 22.9. The van der Waals surface area contributed by atoms with Gasteiger partial charge in [-0.05, 0) is 43.2 Å². The molecule has 0 saturated heterocycles. The third kappa shape index (κ3) is 21.7. The number of hydrogen-bond acceptors (Lipinski definition) is 9. The first-order valence-corrected chi connectivity index (χ1v) is 18.5. The van der Waals surface area contributed by atoms with E-state index in [0.717, 1.165) is 44.5 Å². The van der Waals surface area contributed by atoms with E-state index in [-0.39, 0.29) is 19.1 Å². The second-order valence-electron chi connectivity index (χ2n) is 12.0. The summed E-state index contributed by atoms with van der Waals surface area (Å²) >= 11 is 1.80. The Morgan fingerprint density at radius 2 is 1.33 bits per heavy atom. The lowest BCUT2D eigenvalue weighted by molar-refractivity contribution is 0.0324. The zero-order valence-corrected chi connectivity index (χ0v) is 28.8. The molecule has 2 heterocycles. The van der Waals surface area contributed by atoms with E-state index in [1.807, 2.05) is 0 Å². The van der Waals surface area contributed by atoms with Crippen molar-refractivity contribution in [1.29, 1.82) is 0 Å². The maximum Gasteiger partial charge on any atom is 0.407 e. The van der Waals surface area contributed by atoms with Crippen LogP contribution in [-0.4, -0.2) is 67.1 Å². The highest BCUT2D eigenvalue weighted by Gasteiger charge is 2.18. The Kier molecular flexibility index (Phi) is 22.9. The summed E-state index contributed by atoms with van der Waals surface area (Å²) in [5, 5.41) is 11.5. The predicted octanol–water partition coefficient (Wildman–Crippen LogP) is 8.70. The quantitative estimate of drug-likeness (QED) is 0.0858. The van der Waals surface area contributed by atoms with Gasteiger partial charge in [-0.2, -0.15) is 0 Å². The van der Waals surface area contributed by atoms with Gasteiger partial charge in [-0.25, -0.2) is 9.59 Å². The molecule has 0 spiro atoms. The van der Waals surface area contributed by atoms with E-state index in [0.29, 0.717) is 18.8 Å². The normalized spacial score (nSPS) is 13.2. The fraction of sp³-hybridized carbons (Fsp3) is 0.794. The van der Waals surface area contributed by atoms with E-state index in [1.165, 1.54) is 83.5 Å². The number of carbonyl (C=O) groups is 2. The zero-order chi connectivity index (χ0) is 32.2. The van der Waals surface area contributed by atoms with Gasteiger partial charge in [-0.1, -0.05) is 96.8 Å². The van der Waals surface area contributed by atoms with E-state index in [9.17, 15) is 9.59 Å². The van der Waals surface area contributed by atoms with E-state index < -0.39 is 18.3 Å². The number of alkyl carbamates (subject to hydrolysis) is 2. The number of aromatic nitrogens is 1. The fourth-order valence-electron chi connectivity index (χ4n) is 5.07. The van der Waals surface area contributed by atoms with Crippen molar-refractivity contribution >= 4 is 23.9 Å². The van der Waals surface area contributed by atoms with Crippen LogP contribution in [0.3, 0.4) is 0 Å². The van der Waals surface area contributed by atoms with Crippen LogP contribution in [0.5, 0.6) is 5.88 Å². The maximum atomic E-state index is 12.3. The van der Waals surface area contributed by atoms with Crippen molar-refractivity contribution in [2.75, 3.05) is 38.7 Å². The molecule has 1 aromatic heterocycles. The standard InChI is InChI=1S/C34H60N4O6S/c1-3-4-5-6-7-8-9-10-11-12-13-14-15-16-18-21-35-33(39)41-27-31(43-32-26-30(2)44-37-32)28-42-34(40)36-22-19-17-20-23-38-24-25-45-29-38/h24-26,31H,3-23,27-29H2,1-2H3,(H,35,39)(H,36,40). The number of thioether (sulfide) groups is 1. The molecule has 11 heteroatoms. The van der Waals surface area contributed by atoms with Gasteiger partial charge in [-0.3, -0.25) is 0 Å². The average molecular weight is 653 g/mol. The summed E-state index contributed by atoms with van der Waals surface area (Å²) in [7, 11) is 0. The molecule has 1 aromatic rings. The summed E-state index contributed by atoms with van der Waals surface area (Å²) in [5.41, 5.74) is 0. The zero-order valence-electron chi connectivity index (χ0n) is 28.0. The van der Waals surface area contributed by atoms with Gasteiger partial charge in [0.1, 0.15) is 19.0 Å². The molecule has 1 unspecified atom stereocenters. The Morgan fingerprint density at radius 1 is 0.822 bits per heavy atom. The number of carbonyl (C=O) groups excluding carboxylic acids is 2. The van der Waals surface area contributed by atoms with Crippen molar-refractivity contribution in [1.82, 2.24) is 20.7 Å². The number of rotatable bonds is 28. The largest absolute Gasteiger partial charge is 0.465 e. The highest BCUT2D eigenvalue weighted by atomic mass is 32.2. The first-order chi connectivity index (χ1) is 22.1. The van der Waals surface area contributed by atoms with Crippen molar-refractivity contribution in [3.8, 4) is 5.88 Å². The first-order valence-electron chi connectivity index (χ1n) is 17.5. The second-order valence-corrected chi connectivity index (χ2v) is 12.8. The minimum atomic E-state index is -0.719. The lowest BCUT2D eigenvalue weighted by Gasteiger charge is -2.18. The smallest absolute Gasteiger partial charge is 0.407 e. The van der Waals surface area contributed by atoms with Crippen LogP contribution in [-0.2, 0) is 9.47 Å². The number of amides is 2. The highest BCUT2D eigenvalue weighted by Crippen LogP contribution is 2.16. The van der Waals surface area contributed by atoms with E-state index in [1.54, 1.807) is 24.8 Å². The Morgan fingerprint density at radius 3 is 1.80 bits per heavy atom. The van der Waals surface area contributed by atoms with E-state index >= 15 is 0 Å². The molecule has 0 bridgehead atoms. The van der Waals surface area contributed by atoms with Crippen LogP contribution in [0.15, 0.2) is 22.2 Å². The molecule has 10 nitrogen and oxygen atoms in total. The van der Waals surface area contributed by atoms with Gasteiger partial charge in [0.25, 0.3) is 5.88 Å². The number of hydrogen-bond donors (Lipinski definition) is 2. The molecule has 45 heavy (non-hydrogen) atoms. The second kappa shape index (κ2) is 26.6. The van der Waals surface area contributed by atoms with Crippen LogP contribution in [0.4, 0.5) is 9.59 Å². The van der Waals surface area contributed by atoms with E-state index in [2.05, 4.69) is 39.2 Å². The molecule has 2 amide bonds. The summed E-state index contributed by atoms with van der Waals surface area (Å²) in [6, 6.07) is 1.63. The summed E-state index contributed by atoms with van der Waals surface area (Å²) < 4.78 is 21.5. The Labute approximate surface area is 276 Å². The third-order valence-corrected chi connectivity index (χ3v) is 8.54. The molecule has 0 radical (unpaired) electrons. The molecule has 1 aliphatic heterocycles. The molecule has 0 aromatic carbocycles. The van der Waals surface area contributed by atoms with Gasteiger partial charge in [0.15, 0.2) is 6.10 Å². The monoisotopic (exact) mass is 652 g/mol. The minimum absolute atomic E-state index is 0.0902. The lowest BCUT2D eigenvalue weighted by Crippen LogP contribution is -2.36.